The molecule has 1 fully saturated rings. The summed E-state index contributed by atoms with van der Waals surface area (Å²) in [7, 11) is -1.20. The van der Waals surface area contributed by atoms with E-state index in [0.29, 0.717) is 6.61 Å². The molecule has 1 aromatic carbocycles. The van der Waals surface area contributed by atoms with Gasteiger partial charge >= 0.3 is 0 Å². The maximum atomic E-state index is 13.1. The van der Waals surface area contributed by atoms with Crippen LogP contribution < -0.4 is 10.2 Å². The number of carbonyl (C=O) groups is 1. The lowest BCUT2D eigenvalue weighted by molar-refractivity contribution is 0.0808. The van der Waals surface area contributed by atoms with Crippen LogP contribution in [0.15, 0.2) is 30.5 Å². The molecule has 31 heavy (non-hydrogen) atoms. The molecular formula is C23H33N5O2Si. The van der Waals surface area contributed by atoms with Crippen LogP contribution >= 0.6 is 0 Å². The van der Waals surface area contributed by atoms with Crippen LogP contribution in [0.25, 0.3) is 0 Å². The topological polar surface area (TPSA) is 83.2 Å². The summed E-state index contributed by atoms with van der Waals surface area (Å²) in [6.45, 7) is 11.9. The van der Waals surface area contributed by atoms with Gasteiger partial charge in [0.1, 0.15) is 12.8 Å². The number of carbonyl (C=O) groups excluding carboxylic acids is 1. The van der Waals surface area contributed by atoms with Crippen molar-refractivity contribution in [2.45, 2.75) is 52.2 Å². The Kier molecular flexibility index (Phi) is 7.52. The Morgan fingerprint density at radius 3 is 2.68 bits per heavy atom. The molecule has 0 bridgehead atoms. The zero-order chi connectivity index (χ0) is 22.4. The molecule has 0 saturated carbocycles. The van der Waals surface area contributed by atoms with Crippen molar-refractivity contribution in [1.82, 2.24) is 9.55 Å². The number of anilines is 2. The summed E-state index contributed by atoms with van der Waals surface area (Å²) in [6.07, 6.45) is 3.86. The molecule has 8 heteroatoms. The monoisotopic (exact) mass is 439 g/mol. The highest BCUT2D eigenvalue weighted by molar-refractivity contribution is 6.76. The van der Waals surface area contributed by atoms with E-state index in [-0.39, 0.29) is 24.2 Å². The molecule has 0 radical (unpaired) electrons. The molecular weight excluding hydrogens is 406 g/mol. The normalized spacial score (nSPS) is 15.0. The van der Waals surface area contributed by atoms with Crippen molar-refractivity contribution in [3.8, 4) is 6.07 Å². The van der Waals surface area contributed by atoms with E-state index in [0.717, 1.165) is 49.3 Å². The number of imidazole rings is 1. The van der Waals surface area contributed by atoms with Gasteiger partial charge in [-0.1, -0.05) is 38.7 Å². The molecule has 0 atom stereocenters. The zero-order valence-corrected chi connectivity index (χ0v) is 20.0. The second-order valence-corrected chi connectivity index (χ2v) is 15.1. The number of nitriles is 1. The fourth-order valence-corrected chi connectivity index (χ4v) is 4.33. The number of ether oxygens (including phenoxy) is 1. The summed E-state index contributed by atoms with van der Waals surface area (Å²) in [5.74, 6) is 0.579. The third kappa shape index (κ3) is 6.42. The van der Waals surface area contributed by atoms with Gasteiger partial charge in [-0.3, -0.25) is 4.79 Å². The third-order valence-corrected chi connectivity index (χ3v) is 7.30. The second kappa shape index (κ2) is 10.1. The summed E-state index contributed by atoms with van der Waals surface area (Å²) in [4.78, 5) is 19.6. The Morgan fingerprint density at radius 2 is 2.00 bits per heavy atom. The fraction of sp³-hybridized carbons (Fsp3) is 0.522. The van der Waals surface area contributed by atoms with Crippen molar-refractivity contribution < 1.29 is 9.53 Å². The lowest BCUT2D eigenvalue weighted by Gasteiger charge is -2.33. The van der Waals surface area contributed by atoms with Gasteiger partial charge < -0.3 is 19.5 Å². The van der Waals surface area contributed by atoms with Gasteiger partial charge in [0.2, 0.25) is 5.82 Å². The molecule has 7 nitrogen and oxygen atoms in total. The Labute approximate surface area is 186 Å². The van der Waals surface area contributed by atoms with Crippen LogP contribution in [0.2, 0.25) is 25.7 Å². The summed E-state index contributed by atoms with van der Waals surface area (Å²) < 4.78 is 7.40. The molecule has 1 N–H and O–H groups in total. The summed E-state index contributed by atoms with van der Waals surface area (Å²) in [5, 5.41) is 12.3. The van der Waals surface area contributed by atoms with Gasteiger partial charge in [0, 0.05) is 34.0 Å². The largest absolute Gasteiger partial charge is 0.370 e. The molecule has 0 unspecified atom stereocenters. The van der Waals surface area contributed by atoms with E-state index in [4.69, 9.17) is 4.74 Å². The highest BCUT2D eigenvalue weighted by atomic mass is 28.3. The van der Waals surface area contributed by atoms with E-state index < -0.39 is 8.07 Å². The summed E-state index contributed by atoms with van der Waals surface area (Å²) in [5.41, 5.74) is 1.99. The first-order valence-electron chi connectivity index (χ1n) is 11.0. The summed E-state index contributed by atoms with van der Waals surface area (Å²) in [6, 6.07) is 10.9. The second-order valence-electron chi connectivity index (χ2n) is 9.52. The summed E-state index contributed by atoms with van der Waals surface area (Å²) >= 11 is 0. The minimum Gasteiger partial charge on any atom is -0.370 e. The Balaban J connectivity index is 1.72. The number of rotatable bonds is 8. The Hall–Kier alpha value is -2.63. The number of amides is 1. The predicted molar refractivity (Wildman–Crippen MR) is 126 cm³/mol. The van der Waals surface area contributed by atoms with Gasteiger partial charge in [-0.05, 0) is 36.9 Å². The minimum atomic E-state index is -1.20. The third-order valence-electron chi connectivity index (χ3n) is 5.60. The van der Waals surface area contributed by atoms with Crippen molar-refractivity contribution in [3.05, 3.63) is 42.0 Å². The van der Waals surface area contributed by atoms with Crippen LogP contribution in [0.3, 0.4) is 0 Å². The maximum absolute atomic E-state index is 13.1. The molecule has 2 aromatic rings. The smallest absolute Gasteiger partial charge is 0.291 e. The molecule has 1 aromatic heterocycles. The van der Waals surface area contributed by atoms with Crippen LogP contribution in [0.1, 0.15) is 36.1 Å². The van der Waals surface area contributed by atoms with Crippen LogP contribution in [0, 0.1) is 17.2 Å². The number of aromatic nitrogens is 2. The Bertz CT molecular complexity index is 936. The molecule has 1 aliphatic heterocycles. The van der Waals surface area contributed by atoms with Crippen LogP contribution in [0.5, 0.6) is 0 Å². The molecule has 1 aliphatic rings. The van der Waals surface area contributed by atoms with Crippen LogP contribution in [-0.2, 0) is 11.5 Å². The number of para-hydroxylation sites is 2. The van der Waals surface area contributed by atoms with Gasteiger partial charge in [0.15, 0.2) is 5.69 Å². The van der Waals surface area contributed by atoms with Crippen molar-refractivity contribution in [2.24, 2.45) is 5.92 Å². The van der Waals surface area contributed by atoms with Gasteiger partial charge in [-0.15, -0.1) is 0 Å². The van der Waals surface area contributed by atoms with Crippen molar-refractivity contribution in [2.75, 3.05) is 29.9 Å². The molecule has 1 saturated heterocycles. The predicted octanol–water partition coefficient (Wildman–Crippen LogP) is 4.56. The molecule has 3 rings (SSSR count). The van der Waals surface area contributed by atoms with Gasteiger partial charge in [-0.25, -0.2) is 4.98 Å². The number of benzene rings is 1. The zero-order valence-electron chi connectivity index (χ0n) is 19.0. The molecule has 2 heterocycles. The van der Waals surface area contributed by atoms with E-state index >= 15 is 0 Å². The van der Waals surface area contributed by atoms with Crippen molar-refractivity contribution in [3.63, 3.8) is 0 Å². The standard InChI is InChI=1S/C23H33N5O2Si/c1-18-9-11-27(12-10-18)21-8-6-5-7-20(21)26-23(29)22-25-19(15-24)16-28(22)17-30-13-14-31(2,3)4/h5-8,16,18H,9-14,17H2,1-4H3,(H,26,29). The van der Waals surface area contributed by atoms with Crippen molar-refractivity contribution in [1.29, 1.82) is 5.26 Å². The van der Waals surface area contributed by atoms with E-state index in [9.17, 15) is 10.1 Å². The highest BCUT2D eigenvalue weighted by Crippen LogP contribution is 2.30. The number of nitrogens with one attached hydrogen (secondary N) is 1. The van der Waals surface area contributed by atoms with Gasteiger partial charge in [0.05, 0.1) is 11.4 Å². The van der Waals surface area contributed by atoms with E-state index in [1.165, 1.54) is 0 Å². The first kappa shape index (κ1) is 23.0. The molecule has 0 aliphatic carbocycles. The number of nitrogens with zero attached hydrogens (tertiary/aromatic N) is 4. The van der Waals surface area contributed by atoms with E-state index in [1.54, 1.807) is 10.8 Å². The highest BCUT2D eigenvalue weighted by Gasteiger charge is 2.21. The van der Waals surface area contributed by atoms with Crippen LogP contribution in [0.4, 0.5) is 11.4 Å². The number of hydrogen-bond donors (Lipinski definition) is 1. The first-order valence-corrected chi connectivity index (χ1v) is 14.7. The Morgan fingerprint density at radius 1 is 1.29 bits per heavy atom. The van der Waals surface area contributed by atoms with Crippen LogP contribution in [-0.4, -0.2) is 43.2 Å². The minimum absolute atomic E-state index is 0.187. The van der Waals surface area contributed by atoms with Gasteiger partial charge in [-0.2, -0.15) is 5.26 Å². The quantitative estimate of drug-likeness (QED) is 0.482. The molecule has 166 valence electrons. The average Bonchev–Trinajstić information content (AvgIpc) is 3.15. The number of hydrogen-bond acceptors (Lipinski definition) is 5. The molecule has 1 amide bonds. The number of piperidine rings is 1. The SMILES string of the molecule is CC1CCN(c2ccccc2NC(=O)c2nc(C#N)cn2COCC[Si](C)(C)C)CC1. The lowest BCUT2D eigenvalue weighted by Crippen LogP contribution is -2.33. The van der Waals surface area contributed by atoms with Gasteiger partial charge in [0.25, 0.3) is 5.91 Å². The first-order chi connectivity index (χ1) is 14.8. The average molecular weight is 440 g/mol. The fourth-order valence-electron chi connectivity index (χ4n) is 3.57. The van der Waals surface area contributed by atoms with E-state index in [2.05, 4.69) is 41.8 Å². The molecule has 0 spiro atoms. The maximum Gasteiger partial charge on any atom is 0.291 e. The van der Waals surface area contributed by atoms with E-state index in [1.807, 2.05) is 30.3 Å². The van der Waals surface area contributed by atoms with Crippen molar-refractivity contribution >= 4 is 25.4 Å². The lowest BCUT2D eigenvalue weighted by atomic mass is 9.98.